The van der Waals surface area contributed by atoms with Crippen molar-refractivity contribution in [3.05, 3.63) is 50.8 Å². The summed E-state index contributed by atoms with van der Waals surface area (Å²) in [7, 11) is 1.86. The number of hydrogen-bond donors (Lipinski definition) is 2. The number of rotatable bonds is 5. The van der Waals surface area contributed by atoms with E-state index >= 15 is 0 Å². The van der Waals surface area contributed by atoms with Gasteiger partial charge in [-0.15, -0.1) is 0 Å². The Kier molecular flexibility index (Phi) is 6.08. The summed E-state index contributed by atoms with van der Waals surface area (Å²) in [5.74, 6) is -0.759. The molecular formula is C17H20Cl2N4O2. The van der Waals surface area contributed by atoms with Crippen LogP contribution in [-0.2, 0) is 11.8 Å². The predicted molar refractivity (Wildman–Crippen MR) is 98.0 cm³/mol. The fourth-order valence-corrected chi connectivity index (χ4v) is 3.08. The minimum absolute atomic E-state index is 0.162. The van der Waals surface area contributed by atoms with Crippen LogP contribution in [0.15, 0.2) is 18.2 Å². The van der Waals surface area contributed by atoms with Gasteiger partial charge in [-0.25, -0.2) is 0 Å². The summed E-state index contributed by atoms with van der Waals surface area (Å²) in [6, 6.07) is 4.37. The molecule has 25 heavy (non-hydrogen) atoms. The molecule has 0 saturated carbocycles. The van der Waals surface area contributed by atoms with Crippen molar-refractivity contribution in [3.63, 3.8) is 0 Å². The molecule has 2 rings (SSSR count). The van der Waals surface area contributed by atoms with Gasteiger partial charge in [0, 0.05) is 23.3 Å². The van der Waals surface area contributed by atoms with Gasteiger partial charge in [-0.2, -0.15) is 5.10 Å². The van der Waals surface area contributed by atoms with Crippen LogP contribution in [0.4, 0.5) is 0 Å². The van der Waals surface area contributed by atoms with E-state index < -0.39 is 5.91 Å². The van der Waals surface area contributed by atoms with Crippen LogP contribution in [0.2, 0.25) is 10.0 Å². The van der Waals surface area contributed by atoms with E-state index in [9.17, 15) is 9.59 Å². The zero-order chi connectivity index (χ0) is 18.7. The lowest BCUT2D eigenvalue weighted by atomic mass is 10.1. The lowest BCUT2D eigenvalue weighted by Gasteiger charge is -2.15. The number of amides is 2. The first-order chi connectivity index (χ1) is 11.7. The Balaban J connectivity index is 1.96. The van der Waals surface area contributed by atoms with E-state index in [1.54, 1.807) is 10.7 Å². The van der Waals surface area contributed by atoms with Crippen LogP contribution in [0.1, 0.15) is 40.3 Å². The van der Waals surface area contributed by atoms with Crippen molar-refractivity contribution in [2.75, 3.05) is 6.54 Å². The molecular weight excluding hydrogens is 363 g/mol. The fraction of sp³-hybridized carbons (Fsp3) is 0.353. The molecule has 0 aliphatic carbocycles. The van der Waals surface area contributed by atoms with Gasteiger partial charge in [0.1, 0.15) is 0 Å². The Morgan fingerprint density at radius 3 is 2.56 bits per heavy atom. The molecule has 0 spiro atoms. The molecule has 6 nitrogen and oxygen atoms in total. The summed E-state index contributed by atoms with van der Waals surface area (Å²) >= 11 is 11.8. The Morgan fingerprint density at radius 2 is 1.96 bits per heavy atom. The summed E-state index contributed by atoms with van der Waals surface area (Å²) in [5, 5.41) is 10.4. The smallest absolute Gasteiger partial charge is 0.253 e. The molecule has 0 aliphatic rings. The lowest BCUT2D eigenvalue weighted by molar-refractivity contribution is -0.120. The van der Waals surface area contributed by atoms with Crippen LogP contribution in [0.3, 0.4) is 0 Å². The van der Waals surface area contributed by atoms with E-state index in [1.807, 2.05) is 27.8 Å². The monoisotopic (exact) mass is 382 g/mol. The quantitative estimate of drug-likeness (QED) is 0.834. The average molecular weight is 383 g/mol. The van der Waals surface area contributed by atoms with E-state index in [0.717, 1.165) is 17.0 Å². The second-order valence-corrected chi connectivity index (χ2v) is 6.65. The number of hydrogen-bond acceptors (Lipinski definition) is 3. The maximum absolute atomic E-state index is 12.1. The minimum Gasteiger partial charge on any atom is -0.348 e. The Hall–Kier alpha value is -2.05. The van der Waals surface area contributed by atoms with Gasteiger partial charge in [0.2, 0.25) is 5.91 Å². The van der Waals surface area contributed by atoms with Crippen LogP contribution < -0.4 is 10.6 Å². The van der Waals surface area contributed by atoms with Gasteiger partial charge in [-0.1, -0.05) is 23.2 Å². The first kappa shape index (κ1) is 19.3. The molecule has 1 aromatic heterocycles. The number of nitrogens with zero attached hydrogens (tertiary/aromatic N) is 2. The fourth-order valence-electron chi connectivity index (χ4n) is 2.71. The first-order valence-electron chi connectivity index (χ1n) is 7.73. The second kappa shape index (κ2) is 7.89. The van der Waals surface area contributed by atoms with Crippen molar-refractivity contribution in [1.29, 1.82) is 0 Å². The number of nitrogens with one attached hydrogen (secondary N) is 2. The van der Waals surface area contributed by atoms with Crippen molar-refractivity contribution in [2.45, 2.75) is 26.8 Å². The second-order valence-electron chi connectivity index (χ2n) is 5.80. The highest BCUT2D eigenvalue weighted by Crippen LogP contribution is 2.21. The first-order valence-corrected chi connectivity index (χ1v) is 8.49. The van der Waals surface area contributed by atoms with Crippen molar-refractivity contribution >= 4 is 35.0 Å². The molecule has 0 saturated heterocycles. The SMILES string of the molecule is Cc1nn(C)c(C)c1[C@H](C)NC(=O)CNC(=O)c1cc(Cl)ccc1Cl. The molecule has 2 amide bonds. The number of carbonyl (C=O) groups excluding carboxylic acids is 2. The van der Waals surface area contributed by atoms with Gasteiger partial charge < -0.3 is 10.6 Å². The molecule has 1 atom stereocenters. The average Bonchev–Trinajstić information content (AvgIpc) is 2.80. The zero-order valence-corrected chi connectivity index (χ0v) is 16.0. The van der Waals surface area contributed by atoms with Crippen LogP contribution in [-0.4, -0.2) is 28.1 Å². The molecule has 0 bridgehead atoms. The highest BCUT2D eigenvalue weighted by molar-refractivity contribution is 6.35. The minimum atomic E-state index is -0.455. The zero-order valence-electron chi connectivity index (χ0n) is 14.5. The molecule has 2 N–H and O–H groups in total. The number of aromatic nitrogens is 2. The van der Waals surface area contributed by atoms with E-state index in [2.05, 4.69) is 15.7 Å². The molecule has 134 valence electrons. The third-order valence-electron chi connectivity index (χ3n) is 3.96. The van der Waals surface area contributed by atoms with Crippen molar-refractivity contribution in [2.24, 2.45) is 7.05 Å². The number of carbonyl (C=O) groups is 2. The summed E-state index contributed by atoms with van der Waals surface area (Å²) < 4.78 is 1.77. The van der Waals surface area contributed by atoms with Gasteiger partial charge in [0.15, 0.2) is 0 Å². The Bertz CT molecular complexity index is 817. The maximum Gasteiger partial charge on any atom is 0.253 e. The van der Waals surface area contributed by atoms with Gasteiger partial charge >= 0.3 is 0 Å². The third kappa shape index (κ3) is 4.52. The highest BCUT2D eigenvalue weighted by Gasteiger charge is 2.19. The maximum atomic E-state index is 12.1. The van der Waals surface area contributed by atoms with Gasteiger partial charge in [0.25, 0.3) is 5.91 Å². The van der Waals surface area contributed by atoms with E-state index in [-0.39, 0.29) is 29.1 Å². The third-order valence-corrected chi connectivity index (χ3v) is 4.52. The molecule has 1 aromatic carbocycles. The normalized spacial score (nSPS) is 11.9. The van der Waals surface area contributed by atoms with Crippen LogP contribution in [0.5, 0.6) is 0 Å². The molecule has 2 aromatic rings. The molecule has 8 heteroatoms. The van der Waals surface area contributed by atoms with E-state index in [1.165, 1.54) is 12.1 Å². The number of aryl methyl sites for hydroxylation is 2. The topological polar surface area (TPSA) is 76.0 Å². The molecule has 0 unspecified atom stereocenters. The summed E-state index contributed by atoms with van der Waals surface area (Å²) in [6.07, 6.45) is 0. The predicted octanol–water partition coefficient (Wildman–Crippen LogP) is 2.95. The van der Waals surface area contributed by atoms with E-state index in [0.29, 0.717) is 5.02 Å². The standard InChI is InChI=1S/C17H20Cl2N4O2/c1-9(16-10(2)22-23(4)11(16)3)21-15(24)8-20-17(25)13-7-12(18)5-6-14(13)19/h5-7,9H,8H2,1-4H3,(H,20,25)(H,21,24)/t9-/m0/s1. The van der Waals surface area contributed by atoms with Crippen LogP contribution in [0.25, 0.3) is 0 Å². The number of benzene rings is 1. The summed E-state index contributed by atoms with van der Waals surface area (Å²) in [4.78, 5) is 24.3. The van der Waals surface area contributed by atoms with Crippen molar-refractivity contribution < 1.29 is 9.59 Å². The molecule has 1 heterocycles. The van der Waals surface area contributed by atoms with Crippen LogP contribution in [0, 0.1) is 13.8 Å². The Labute approximate surface area is 156 Å². The van der Waals surface area contributed by atoms with Crippen molar-refractivity contribution in [3.8, 4) is 0 Å². The Morgan fingerprint density at radius 1 is 1.28 bits per heavy atom. The molecule has 0 aliphatic heterocycles. The highest BCUT2D eigenvalue weighted by atomic mass is 35.5. The number of halogens is 2. The van der Waals surface area contributed by atoms with E-state index in [4.69, 9.17) is 23.2 Å². The van der Waals surface area contributed by atoms with Crippen molar-refractivity contribution in [1.82, 2.24) is 20.4 Å². The largest absolute Gasteiger partial charge is 0.348 e. The molecule has 0 radical (unpaired) electrons. The summed E-state index contributed by atoms with van der Waals surface area (Å²) in [5.41, 5.74) is 3.05. The lowest BCUT2D eigenvalue weighted by Crippen LogP contribution is -2.38. The van der Waals surface area contributed by atoms with Gasteiger partial charge in [-0.3, -0.25) is 14.3 Å². The van der Waals surface area contributed by atoms with Gasteiger partial charge in [-0.05, 0) is 39.0 Å². The molecule has 0 fully saturated rings. The summed E-state index contributed by atoms with van der Waals surface area (Å²) in [6.45, 7) is 5.56. The van der Waals surface area contributed by atoms with Gasteiger partial charge in [0.05, 0.1) is 28.9 Å². The van der Waals surface area contributed by atoms with Crippen LogP contribution >= 0.6 is 23.2 Å².